The molecule has 1 aromatic heterocycles. The summed E-state index contributed by atoms with van der Waals surface area (Å²) < 4.78 is 39.1. The molecule has 0 radical (unpaired) electrons. The Morgan fingerprint density at radius 2 is 1.93 bits per heavy atom. The Morgan fingerprint density at radius 3 is 2.63 bits per heavy atom. The van der Waals surface area contributed by atoms with Crippen molar-refractivity contribution in [3.05, 3.63) is 76.5 Å². The van der Waals surface area contributed by atoms with Crippen molar-refractivity contribution in [2.24, 2.45) is 0 Å². The number of nitrogens with zero attached hydrogens (tertiary/aromatic N) is 2. The predicted molar refractivity (Wildman–Crippen MR) is 97.8 cm³/mol. The third-order valence-corrected chi connectivity index (χ3v) is 4.20. The summed E-state index contributed by atoms with van der Waals surface area (Å²) in [6.07, 6.45) is -0.484. The third-order valence-electron chi connectivity index (χ3n) is 3.91. The van der Waals surface area contributed by atoms with Gasteiger partial charge in [0.15, 0.2) is 12.8 Å². The van der Waals surface area contributed by atoms with Crippen molar-refractivity contribution in [2.45, 2.75) is 26.2 Å². The number of aromatic nitrogens is 2. The second-order valence-corrected chi connectivity index (χ2v) is 6.69. The van der Waals surface area contributed by atoms with Crippen LogP contribution in [0, 0.1) is 16.5 Å². The van der Waals surface area contributed by atoms with E-state index in [-0.39, 0.29) is 16.5 Å². The maximum absolute atomic E-state index is 13.3. The first-order valence-electron chi connectivity index (χ1n) is 8.46. The molecule has 0 spiro atoms. The fraction of sp³-hybridized carbons (Fsp3) is 0.263. The second kappa shape index (κ2) is 8.41. The maximum Gasteiger partial charge on any atom is 0.292 e. The second-order valence-electron chi connectivity index (χ2n) is 6.34. The van der Waals surface area contributed by atoms with E-state index in [4.69, 9.17) is 21.4 Å². The Morgan fingerprint density at radius 1 is 1.19 bits per heavy atom. The van der Waals surface area contributed by atoms with Crippen molar-refractivity contribution < 1.29 is 22.8 Å². The molecule has 0 fully saturated rings. The zero-order valence-electron chi connectivity index (χ0n) is 15.0. The molecule has 0 saturated heterocycles. The maximum atomic E-state index is 13.3. The Balaban J connectivity index is 1.64. The number of quaternary nitrogens is 1. The molecule has 2 atom stereocenters. The van der Waals surface area contributed by atoms with Gasteiger partial charge < -0.3 is 14.1 Å². The van der Waals surface area contributed by atoms with E-state index in [1.807, 2.05) is 13.1 Å². The molecular formula is C19H20F2N3O2S+. The Bertz CT molecular complexity index is 956. The van der Waals surface area contributed by atoms with E-state index < -0.39 is 6.10 Å². The molecule has 3 rings (SSSR count). The van der Waals surface area contributed by atoms with Crippen LogP contribution >= 0.6 is 12.2 Å². The van der Waals surface area contributed by atoms with Gasteiger partial charge in [-0.05, 0) is 55.5 Å². The van der Waals surface area contributed by atoms with Gasteiger partial charge in [0.1, 0.15) is 23.9 Å². The molecule has 0 bridgehead atoms. The van der Waals surface area contributed by atoms with Crippen molar-refractivity contribution in [2.75, 3.05) is 7.05 Å². The molecule has 0 saturated carbocycles. The number of nitrogens with one attached hydrogen (secondary N) is 1. The van der Waals surface area contributed by atoms with Crippen LogP contribution in [0.3, 0.4) is 0 Å². The van der Waals surface area contributed by atoms with E-state index in [0.29, 0.717) is 24.9 Å². The van der Waals surface area contributed by atoms with Gasteiger partial charge in [0.25, 0.3) is 10.7 Å². The molecule has 5 nitrogen and oxygen atoms in total. The SMILES string of the molecule is C[C@H](Oc1ccc(F)cc1)c1nn(C[NH+](C)Cc2cccc(F)c2)c(=S)o1. The van der Waals surface area contributed by atoms with Gasteiger partial charge in [0, 0.05) is 5.56 Å². The summed E-state index contributed by atoms with van der Waals surface area (Å²) in [5, 5.41) is 4.37. The highest BCUT2D eigenvalue weighted by Gasteiger charge is 2.17. The average molecular weight is 392 g/mol. The smallest absolute Gasteiger partial charge is 0.292 e. The molecule has 3 aromatic rings. The first-order chi connectivity index (χ1) is 12.9. The minimum absolute atomic E-state index is 0.234. The van der Waals surface area contributed by atoms with Crippen LogP contribution in [0.1, 0.15) is 24.5 Å². The van der Waals surface area contributed by atoms with E-state index in [0.717, 1.165) is 10.5 Å². The number of rotatable bonds is 7. The fourth-order valence-electron chi connectivity index (χ4n) is 2.66. The van der Waals surface area contributed by atoms with Crippen molar-refractivity contribution in [3.8, 4) is 5.75 Å². The Labute approximate surface area is 160 Å². The third kappa shape index (κ3) is 5.21. The van der Waals surface area contributed by atoms with Crippen molar-refractivity contribution in [1.82, 2.24) is 9.78 Å². The highest BCUT2D eigenvalue weighted by molar-refractivity contribution is 7.71. The highest BCUT2D eigenvalue weighted by atomic mass is 32.1. The van der Waals surface area contributed by atoms with Crippen LogP contribution in [0.15, 0.2) is 52.9 Å². The van der Waals surface area contributed by atoms with Crippen molar-refractivity contribution >= 4 is 12.2 Å². The number of ether oxygens (including phenoxy) is 1. The number of hydrogen-bond acceptors (Lipinski definition) is 4. The summed E-state index contributed by atoms with van der Waals surface area (Å²) >= 11 is 5.23. The summed E-state index contributed by atoms with van der Waals surface area (Å²) in [6, 6.07) is 12.2. The van der Waals surface area contributed by atoms with Gasteiger partial charge >= 0.3 is 0 Å². The molecule has 0 aliphatic rings. The predicted octanol–water partition coefficient (Wildman–Crippen LogP) is 3.30. The lowest BCUT2D eigenvalue weighted by molar-refractivity contribution is -0.917. The van der Waals surface area contributed by atoms with Crippen molar-refractivity contribution in [1.29, 1.82) is 0 Å². The monoisotopic (exact) mass is 392 g/mol. The molecule has 0 aliphatic heterocycles. The summed E-state index contributed by atoms with van der Waals surface area (Å²) in [6.45, 7) is 2.85. The summed E-state index contributed by atoms with van der Waals surface area (Å²) in [5.41, 5.74) is 0.885. The zero-order chi connectivity index (χ0) is 19.4. The molecular weight excluding hydrogens is 372 g/mol. The van der Waals surface area contributed by atoms with Crippen LogP contribution in [-0.4, -0.2) is 16.8 Å². The molecule has 1 unspecified atom stereocenters. The van der Waals surface area contributed by atoms with E-state index in [1.54, 1.807) is 17.7 Å². The Kier molecular flexibility index (Phi) is 5.98. The van der Waals surface area contributed by atoms with Crippen LogP contribution in [0.4, 0.5) is 8.78 Å². The zero-order valence-corrected chi connectivity index (χ0v) is 15.8. The van der Waals surface area contributed by atoms with Crippen LogP contribution in [0.5, 0.6) is 5.75 Å². The first kappa shape index (κ1) is 19.2. The largest absolute Gasteiger partial charge is 0.481 e. The van der Waals surface area contributed by atoms with Crippen LogP contribution < -0.4 is 9.64 Å². The van der Waals surface area contributed by atoms with Gasteiger partial charge in [-0.3, -0.25) is 0 Å². The van der Waals surface area contributed by atoms with E-state index >= 15 is 0 Å². The molecule has 0 amide bonds. The standard InChI is InChI=1S/C19H19F2N3O2S/c1-13(25-17-8-6-15(20)7-9-17)18-22-24(19(27)26-18)12-23(2)11-14-4-3-5-16(21)10-14/h3-10,13H,11-12H2,1-2H3/p+1/t13-/m0/s1. The molecule has 0 aliphatic carbocycles. The summed E-state index contributed by atoms with van der Waals surface area (Å²) in [4.78, 5) is 1.29. The lowest BCUT2D eigenvalue weighted by Crippen LogP contribution is -3.07. The van der Waals surface area contributed by atoms with Gasteiger partial charge in [0.05, 0.1) is 7.05 Å². The topological polar surface area (TPSA) is 44.6 Å². The molecule has 1 N–H and O–H groups in total. The summed E-state index contributed by atoms with van der Waals surface area (Å²) in [7, 11) is 1.96. The highest BCUT2D eigenvalue weighted by Crippen LogP contribution is 2.20. The molecule has 2 aromatic carbocycles. The van der Waals surface area contributed by atoms with Gasteiger partial charge in [-0.25, -0.2) is 8.78 Å². The first-order valence-corrected chi connectivity index (χ1v) is 8.87. The lowest BCUT2D eigenvalue weighted by atomic mass is 10.2. The number of hydrogen-bond donors (Lipinski definition) is 1. The van der Waals surface area contributed by atoms with Crippen LogP contribution in [-0.2, 0) is 13.2 Å². The van der Waals surface area contributed by atoms with Crippen molar-refractivity contribution in [3.63, 3.8) is 0 Å². The average Bonchev–Trinajstić information content (AvgIpc) is 2.97. The van der Waals surface area contributed by atoms with E-state index in [2.05, 4.69) is 5.10 Å². The number of benzene rings is 2. The van der Waals surface area contributed by atoms with Gasteiger partial charge in [-0.1, -0.05) is 12.1 Å². The van der Waals surface area contributed by atoms with Crippen LogP contribution in [0.2, 0.25) is 0 Å². The van der Waals surface area contributed by atoms with Gasteiger partial charge in [0.2, 0.25) is 0 Å². The summed E-state index contributed by atoms with van der Waals surface area (Å²) in [5.74, 6) is 0.254. The van der Waals surface area contributed by atoms with Gasteiger partial charge in [-0.15, -0.1) is 5.10 Å². The minimum atomic E-state index is -0.484. The van der Waals surface area contributed by atoms with E-state index in [9.17, 15) is 8.78 Å². The molecule has 142 valence electrons. The molecule has 8 heteroatoms. The minimum Gasteiger partial charge on any atom is -0.481 e. The van der Waals surface area contributed by atoms with Crippen LogP contribution in [0.25, 0.3) is 0 Å². The van der Waals surface area contributed by atoms with E-state index in [1.165, 1.54) is 36.4 Å². The Hall–Kier alpha value is -2.58. The molecule has 27 heavy (non-hydrogen) atoms. The number of halogens is 2. The van der Waals surface area contributed by atoms with Gasteiger partial charge in [-0.2, -0.15) is 4.68 Å². The fourth-order valence-corrected chi connectivity index (χ4v) is 2.85. The molecule has 1 heterocycles. The normalized spacial score (nSPS) is 13.3. The quantitative estimate of drug-likeness (QED) is 0.627. The lowest BCUT2D eigenvalue weighted by Gasteiger charge is -2.13.